The third-order valence-electron chi connectivity index (χ3n) is 4.81. The Morgan fingerprint density at radius 3 is 2.22 bits per heavy atom. The summed E-state index contributed by atoms with van der Waals surface area (Å²) < 4.78 is 104. The van der Waals surface area contributed by atoms with Gasteiger partial charge in [-0.25, -0.2) is 0 Å². The van der Waals surface area contributed by atoms with E-state index in [1.165, 1.54) is 24.3 Å². The topological polar surface area (TPSA) is 63.7 Å². The van der Waals surface area contributed by atoms with Gasteiger partial charge in [0.15, 0.2) is 5.75 Å². The van der Waals surface area contributed by atoms with Gasteiger partial charge in [-0.15, -0.1) is 0 Å². The number of fused-ring (bicyclic) bond motifs is 1. The van der Waals surface area contributed by atoms with Crippen molar-refractivity contribution in [1.82, 2.24) is 4.90 Å². The molecule has 0 spiro atoms. The molecule has 174 valence electrons. The Labute approximate surface area is 183 Å². The molecule has 1 heterocycles. The predicted molar refractivity (Wildman–Crippen MR) is 103 cm³/mol. The van der Waals surface area contributed by atoms with Gasteiger partial charge >= 0.3 is 27.7 Å². The van der Waals surface area contributed by atoms with Gasteiger partial charge in [0.05, 0.1) is 0 Å². The van der Waals surface area contributed by atoms with Gasteiger partial charge in [0.25, 0.3) is 0 Å². The first-order valence-electron chi connectivity index (χ1n) is 8.99. The van der Waals surface area contributed by atoms with Gasteiger partial charge in [0, 0.05) is 29.2 Å². The van der Waals surface area contributed by atoms with Crippen LogP contribution in [0.15, 0.2) is 36.4 Å². The van der Waals surface area contributed by atoms with Crippen molar-refractivity contribution in [3.05, 3.63) is 52.5 Å². The number of alkyl halides is 6. The molecule has 32 heavy (non-hydrogen) atoms. The molecule has 1 aliphatic rings. The van der Waals surface area contributed by atoms with E-state index in [2.05, 4.69) is 4.18 Å². The normalized spacial score (nSPS) is 15.2. The van der Waals surface area contributed by atoms with Crippen molar-refractivity contribution in [3.8, 4) is 16.9 Å². The lowest BCUT2D eigenvalue weighted by Crippen LogP contribution is -2.42. The van der Waals surface area contributed by atoms with Crippen molar-refractivity contribution in [2.24, 2.45) is 0 Å². The Hall–Kier alpha value is -2.47. The third kappa shape index (κ3) is 4.80. The highest BCUT2D eigenvalue weighted by Crippen LogP contribution is 2.41. The number of hydrogen-bond acceptors (Lipinski definition) is 4. The lowest BCUT2D eigenvalue weighted by Gasteiger charge is -2.21. The van der Waals surface area contributed by atoms with Gasteiger partial charge < -0.3 is 9.08 Å². The number of amides is 1. The molecule has 0 radical (unpaired) electrons. The van der Waals surface area contributed by atoms with Crippen LogP contribution in [0.2, 0.25) is 5.02 Å². The van der Waals surface area contributed by atoms with E-state index < -0.39 is 33.5 Å². The minimum atomic E-state index is -5.98. The van der Waals surface area contributed by atoms with Crippen LogP contribution in [-0.4, -0.2) is 44.0 Å². The summed E-state index contributed by atoms with van der Waals surface area (Å²) in [5, 5.41) is 0.0276. The first-order chi connectivity index (χ1) is 14.7. The summed E-state index contributed by atoms with van der Waals surface area (Å²) in [5.41, 5.74) is -4.72. The number of nitrogens with zero attached hydrogens (tertiary/aromatic N) is 1. The number of para-hydroxylation sites is 1. The molecule has 3 rings (SSSR count). The molecule has 1 amide bonds. The monoisotopic (exact) mass is 501 g/mol. The molecule has 0 saturated carbocycles. The van der Waals surface area contributed by atoms with E-state index in [-0.39, 0.29) is 42.1 Å². The van der Waals surface area contributed by atoms with E-state index in [9.17, 15) is 39.6 Å². The van der Waals surface area contributed by atoms with E-state index in [0.717, 1.165) is 6.07 Å². The molecule has 0 saturated heterocycles. The number of benzene rings is 2. The molecule has 0 fully saturated rings. The second kappa shape index (κ2) is 8.47. The minimum absolute atomic E-state index is 0.0276. The van der Waals surface area contributed by atoms with Crippen molar-refractivity contribution in [3.63, 3.8) is 0 Å². The molecular formula is C19H14ClF6NO4S. The van der Waals surface area contributed by atoms with Gasteiger partial charge in [-0.1, -0.05) is 35.9 Å². The number of rotatable bonds is 3. The molecule has 0 aliphatic carbocycles. The zero-order chi connectivity index (χ0) is 23.9. The average Bonchev–Trinajstić information content (AvgIpc) is 2.89. The second-order valence-corrected chi connectivity index (χ2v) is 8.77. The zero-order valence-corrected chi connectivity index (χ0v) is 17.5. The van der Waals surface area contributed by atoms with E-state index >= 15 is 0 Å². The smallest absolute Gasteiger partial charge is 0.375 e. The van der Waals surface area contributed by atoms with Crippen LogP contribution in [0.5, 0.6) is 5.75 Å². The van der Waals surface area contributed by atoms with Gasteiger partial charge in [0.1, 0.15) is 0 Å². The fourth-order valence-corrected chi connectivity index (χ4v) is 4.14. The minimum Gasteiger partial charge on any atom is -0.375 e. The lowest BCUT2D eigenvalue weighted by molar-refractivity contribution is -0.185. The Kier molecular flexibility index (Phi) is 6.40. The van der Waals surface area contributed by atoms with Crippen LogP contribution in [0, 0.1) is 0 Å². The van der Waals surface area contributed by atoms with Crippen molar-refractivity contribution >= 4 is 27.6 Å². The Morgan fingerprint density at radius 2 is 1.59 bits per heavy atom. The summed E-state index contributed by atoms with van der Waals surface area (Å²) in [6.45, 7) is -0.546. The standard InChI is InChI=1S/C19H14ClF6NO4S/c20-14-6-5-11-7-9-27(17(28)18(21,22)23)10-8-12(11)16(14)13-3-1-2-4-15(13)31-32(29,30)19(24,25)26/h1-6H,7-10H2. The van der Waals surface area contributed by atoms with Crippen LogP contribution in [0.3, 0.4) is 0 Å². The summed E-state index contributed by atoms with van der Waals surface area (Å²) in [4.78, 5) is 12.3. The maximum Gasteiger partial charge on any atom is 0.534 e. The molecule has 0 bridgehead atoms. The highest BCUT2D eigenvalue weighted by Gasteiger charge is 2.49. The van der Waals surface area contributed by atoms with Crippen LogP contribution in [0.4, 0.5) is 26.3 Å². The predicted octanol–water partition coefficient (Wildman–Crippen LogP) is 4.72. The average molecular weight is 502 g/mol. The Bertz CT molecular complexity index is 1150. The van der Waals surface area contributed by atoms with E-state index in [4.69, 9.17) is 11.6 Å². The van der Waals surface area contributed by atoms with Crippen LogP contribution < -0.4 is 4.18 Å². The van der Waals surface area contributed by atoms with Gasteiger partial charge in [-0.05, 0) is 36.1 Å². The summed E-state index contributed by atoms with van der Waals surface area (Å²) in [6.07, 6.45) is -5.11. The number of hydrogen-bond donors (Lipinski definition) is 0. The first kappa shape index (κ1) is 24.2. The van der Waals surface area contributed by atoms with E-state index in [0.29, 0.717) is 16.0 Å². The maximum absolute atomic E-state index is 12.8. The number of carbonyl (C=O) groups is 1. The fourth-order valence-electron chi connectivity index (χ4n) is 3.38. The van der Waals surface area contributed by atoms with Crippen molar-refractivity contribution < 1.29 is 43.7 Å². The fraction of sp³-hybridized carbons (Fsp3) is 0.316. The Balaban J connectivity index is 2.06. The van der Waals surface area contributed by atoms with Crippen LogP contribution in [0.1, 0.15) is 11.1 Å². The van der Waals surface area contributed by atoms with E-state index in [1.807, 2.05) is 0 Å². The molecule has 5 nitrogen and oxygen atoms in total. The SMILES string of the molecule is O=C(N1CCc2ccc(Cl)c(-c3ccccc3OS(=O)(=O)C(F)(F)F)c2CC1)C(F)(F)F. The van der Waals surface area contributed by atoms with Gasteiger partial charge in [-0.3, -0.25) is 4.79 Å². The third-order valence-corrected chi connectivity index (χ3v) is 6.09. The maximum atomic E-state index is 12.8. The quantitative estimate of drug-likeness (QED) is 0.347. The molecule has 0 atom stereocenters. The summed E-state index contributed by atoms with van der Waals surface area (Å²) in [5.74, 6) is -2.65. The molecular weight excluding hydrogens is 488 g/mol. The molecule has 0 aromatic heterocycles. The van der Waals surface area contributed by atoms with Crippen LogP contribution in [0.25, 0.3) is 11.1 Å². The highest BCUT2D eigenvalue weighted by atomic mass is 35.5. The van der Waals surface area contributed by atoms with Gasteiger partial charge in [0.2, 0.25) is 0 Å². The van der Waals surface area contributed by atoms with Crippen LogP contribution >= 0.6 is 11.6 Å². The number of halogens is 7. The van der Waals surface area contributed by atoms with Crippen molar-refractivity contribution in [2.45, 2.75) is 24.5 Å². The first-order valence-corrected chi connectivity index (χ1v) is 10.8. The van der Waals surface area contributed by atoms with Crippen molar-refractivity contribution in [2.75, 3.05) is 13.1 Å². The second-order valence-electron chi connectivity index (χ2n) is 6.83. The molecule has 2 aromatic carbocycles. The molecule has 0 N–H and O–H groups in total. The number of carbonyl (C=O) groups excluding carboxylic acids is 1. The molecule has 0 unspecified atom stereocenters. The van der Waals surface area contributed by atoms with Crippen molar-refractivity contribution in [1.29, 1.82) is 0 Å². The molecule has 1 aliphatic heterocycles. The zero-order valence-electron chi connectivity index (χ0n) is 15.9. The van der Waals surface area contributed by atoms with Gasteiger partial charge in [-0.2, -0.15) is 34.8 Å². The van der Waals surface area contributed by atoms with Crippen LogP contribution in [-0.2, 0) is 27.8 Å². The van der Waals surface area contributed by atoms with E-state index in [1.54, 1.807) is 6.07 Å². The molecule has 13 heteroatoms. The summed E-state index contributed by atoms with van der Waals surface area (Å²) >= 11 is 6.27. The lowest BCUT2D eigenvalue weighted by atomic mass is 9.92. The Morgan fingerprint density at radius 1 is 0.969 bits per heavy atom. The summed E-state index contributed by atoms with van der Waals surface area (Å²) in [6, 6.07) is 7.89. The highest BCUT2D eigenvalue weighted by molar-refractivity contribution is 7.88. The molecule has 2 aromatic rings. The largest absolute Gasteiger partial charge is 0.534 e. The summed E-state index contributed by atoms with van der Waals surface area (Å²) in [7, 11) is -5.98.